The van der Waals surface area contributed by atoms with E-state index in [4.69, 9.17) is 0 Å². The summed E-state index contributed by atoms with van der Waals surface area (Å²) in [6, 6.07) is 30.6. The second-order valence-electron chi connectivity index (χ2n) is 7.93. The van der Waals surface area contributed by atoms with Crippen LogP contribution in [0.3, 0.4) is 0 Å². The number of aromatic nitrogens is 2. The van der Waals surface area contributed by atoms with E-state index in [1.54, 1.807) is 0 Å². The number of para-hydroxylation sites is 1. The van der Waals surface area contributed by atoms with Crippen molar-refractivity contribution in [1.29, 1.82) is 0 Å². The maximum Gasteiger partial charge on any atom is 0.123 e. The molecule has 0 atom stereocenters. The van der Waals surface area contributed by atoms with Crippen LogP contribution in [0.1, 0.15) is 11.1 Å². The molecule has 5 aromatic rings. The lowest BCUT2D eigenvalue weighted by Crippen LogP contribution is -2.14. The Bertz CT molecular complexity index is 1360. The number of aryl methyl sites for hydroxylation is 1. The van der Waals surface area contributed by atoms with E-state index in [1.165, 1.54) is 45.6 Å². The van der Waals surface area contributed by atoms with Crippen LogP contribution in [0.25, 0.3) is 33.5 Å². The lowest BCUT2D eigenvalue weighted by atomic mass is 10.0. The van der Waals surface area contributed by atoms with E-state index in [9.17, 15) is 4.39 Å². The van der Waals surface area contributed by atoms with Gasteiger partial charge in [-0.3, -0.25) is 0 Å². The van der Waals surface area contributed by atoms with Crippen molar-refractivity contribution >= 4 is 10.9 Å². The predicted molar refractivity (Wildman–Crippen MR) is 120 cm³/mol. The van der Waals surface area contributed by atoms with E-state index in [0.717, 1.165) is 30.8 Å². The second-order valence-corrected chi connectivity index (χ2v) is 7.93. The molecule has 146 valence electrons. The lowest BCUT2D eigenvalue weighted by Gasteiger charge is -2.22. The van der Waals surface area contributed by atoms with Crippen LogP contribution in [-0.4, -0.2) is 9.13 Å². The average Bonchev–Trinajstić information content (AvgIpc) is 3.35. The molecule has 1 aliphatic heterocycles. The van der Waals surface area contributed by atoms with Gasteiger partial charge >= 0.3 is 0 Å². The van der Waals surface area contributed by atoms with Crippen molar-refractivity contribution in [3.8, 4) is 22.6 Å². The van der Waals surface area contributed by atoms with Crippen LogP contribution in [0, 0.1) is 5.82 Å². The van der Waals surface area contributed by atoms with Gasteiger partial charge in [0, 0.05) is 29.7 Å². The van der Waals surface area contributed by atoms with Gasteiger partial charge in [-0.05, 0) is 65.6 Å². The molecule has 3 aromatic carbocycles. The average molecular weight is 392 g/mol. The van der Waals surface area contributed by atoms with E-state index in [1.807, 2.05) is 12.1 Å². The first-order valence-electron chi connectivity index (χ1n) is 10.4. The van der Waals surface area contributed by atoms with Gasteiger partial charge in [-0.15, -0.1) is 0 Å². The van der Waals surface area contributed by atoms with Gasteiger partial charge in [-0.1, -0.05) is 48.5 Å². The number of rotatable bonds is 3. The molecule has 3 heteroatoms. The van der Waals surface area contributed by atoms with Gasteiger partial charge in [-0.2, -0.15) is 0 Å². The number of fused-ring (bicyclic) bond motifs is 5. The Kier molecular flexibility index (Phi) is 3.88. The molecule has 0 aliphatic carbocycles. The van der Waals surface area contributed by atoms with Crippen LogP contribution in [0.5, 0.6) is 0 Å². The Morgan fingerprint density at radius 3 is 2.30 bits per heavy atom. The molecule has 0 amide bonds. The first-order valence-corrected chi connectivity index (χ1v) is 10.4. The summed E-state index contributed by atoms with van der Waals surface area (Å²) in [5, 5.41) is 1.35. The number of hydrogen-bond donors (Lipinski definition) is 0. The van der Waals surface area contributed by atoms with Crippen molar-refractivity contribution in [2.45, 2.75) is 19.5 Å². The Hall–Kier alpha value is -3.59. The molecule has 0 saturated heterocycles. The second kappa shape index (κ2) is 6.74. The molecule has 0 spiro atoms. The molecule has 3 heterocycles. The Morgan fingerprint density at radius 1 is 0.733 bits per heavy atom. The Morgan fingerprint density at radius 2 is 1.47 bits per heavy atom. The van der Waals surface area contributed by atoms with Gasteiger partial charge in [0.1, 0.15) is 5.82 Å². The highest BCUT2D eigenvalue weighted by molar-refractivity contribution is 5.92. The van der Waals surface area contributed by atoms with Gasteiger partial charge in [0.15, 0.2) is 0 Å². The van der Waals surface area contributed by atoms with E-state index in [0.29, 0.717) is 0 Å². The molecule has 0 bridgehead atoms. The molecular weight excluding hydrogens is 371 g/mol. The minimum Gasteiger partial charge on any atom is -0.339 e. The third-order valence-electron chi connectivity index (χ3n) is 6.21. The molecule has 2 nitrogen and oxygen atoms in total. The fraction of sp³-hybridized carbons (Fsp3) is 0.111. The monoisotopic (exact) mass is 392 g/mol. The molecule has 1 aliphatic rings. The Balaban J connectivity index is 1.56. The van der Waals surface area contributed by atoms with Gasteiger partial charge in [-0.25, -0.2) is 4.39 Å². The SMILES string of the molecule is Fc1ccc(-c2ccc3n2CCc2c-3n(Cc3ccccc3)c3ccccc23)cc1. The van der Waals surface area contributed by atoms with Gasteiger partial charge in [0.25, 0.3) is 0 Å². The highest BCUT2D eigenvalue weighted by atomic mass is 19.1. The van der Waals surface area contributed by atoms with Crippen LogP contribution >= 0.6 is 0 Å². The summed E-state index contributed by atoms with van der Waals surface area (Å²) in [4.78, 5) is 0. The number of halogens is 1. The van der Waals surface area contributed by atoms with Crippen molar-refractivity contribution < 1.29 is 4.39 Å². The quantitative estimate of drug-likeness (QED) is 0.331. The number of hydrogen-bond acceptors (Lipinski definition) is 0. The van der Waals surface area contributed by atoms with Gasteiger partial charge < -0.3 is 9.13 Å². The number of nitrogens with zero attached hydrogens (tertiary/aromatic N) is 2. The summed E-state index contributed by atoms with van der Waals surface area (Å²) in [6.07, 6.45) is 0.994. The molecule has 0 fully saturated rings. The zero-order chi connectivity index (χ0) is 20.1. The standard InChI is InChI=1S/C27H21FN2/c28-21-12-10-20(11-13-21)24-14-15-26-27-23(16-17-29(24)26)22-8-4-5-9-25(22)30(27)18-19-6-2-1-3-7-19/h1-15H,16-18H2. The van der Waals surface area contributed by atoms with Crippen LogP contribution in [0.15, 0.2) is 91.0 Å². The van der Waals surface area contributed by atoms with E-state index in [2.05, 4.69) is 75.9 Å². The molecule has 30 heavy (non-hydrogen) atoms. The first-order chi connectivity index (χ1) is 14.8. The summed E-state index contributed by atoms with van der Waals surface area (Å²) >= 11 is 0. The van der Waals surface area contributed by atoms with Crippen molar-refractivity contribution in [3.05, 3.63) is 108 Å². The topological polar surface area (TPSA) is 9.86 Å². The summed E-state index contributed by atoms with van der Waals surface area (Å²) in [7, 11) is 0. The highest BCUT2D eigenvalue weighted by Crippen LogP contribution is 2.40. The molecule has 0 N–H and O–H groups in total. The molecule has 6 rings (SSSR count). The van der Waals surface area contributed by atoms with Crippen LogP contribution < -0.4 is 0 Å². The third kappa shape index (κ3) is 2.62. The summed E-state index contributed by atoms with van der Waals surface area (Å²) in [5.41, 5.74) is 8.75. The van der Waals surface area contributed by atoms with Crippen LogP contribution in [0.4, 0.5) is 4.39 Å². The normalized spacial score (nSPS) is 12.7. The fourth-order valence-corrected chi connectivity index (χ4v) is 4.86. The van der Waals surface area contributed by atoms with Crippen LogP contribution in [0.2, 0.25) is 0 Å². The number of benzene rings is 3. The molecule has 0 saturated carbocycles. The molecule has 0 unspecified atom stereocenters. The van der Waals surface area contributed by atoms with Crippen molar-refractivity contribution in [2.24, 2.45) is 0 Å². The van der Waals surface area contributed by atoms with Gasteiger partial charge in [0.2, 0.25) is 0 Å². The minimum absolute atomic E-state index is 0.200. The maximum absolute atomic E-state index is 13.4. The predicted octanol–water partition coefficient (Wildman–Crippen LogP) is 6.52. The van der Waals surface area contributed by atoms with Crippen molar-refractivity contribution in [3.63, 3.8) is 0 Å². The van der Waals surface area contributed by atoms with Gasteiger partial charge in [0.05, 0.1) is 11.4 Å². The minimum atomic E-state index is -0.200. The van der Waals surface area contributed by atoms with Crippen LogP contribution in [-0.2, 0) is 19.5 Å². The summed E-state index contributed by atoms with van der Waals surface area (Å²) < 4.78 is 18.3. The first kappa shape index (κ1) is 17.3. The summed E-state index contributed by atoms with van der Waals surface area (Å²) in [5.74, 6) is -0.200. The smallest absolute Gasteiger partial charge is 0.123 e. The lowest BCUT2D eigenvalue weighted by molar-refractivity contribution is 0.628. The van der Waals surface area contributed by atoms with Crippen molar-refractivity contribution in [2.75, 3.05) is 0 Å². The zero-order valence-electron chi connectivity index (χ0n) is 16.6. The summed E-state index contributed by atoms with van der Waals surface area (Å²) in [6.45, 7) is 1.77. The fourth-order valence-electron chi connectivity index (χ4n) is 4.86. The molecule has 2 aromatic heterocycles. The van der Waals surface area contributed by atoms with E-state index < -0.39 is 0 Å². The zero-order valence-corrected chi connectivity index (χ0v) is 16.6. The largest absolute Gasteiger partial charge is 0.339 e. The Labute approximate surface area is 174 Å². The maximum atomic E-state index is 13.4. The molecular formula is C27H21FN2. The molecule has 0 radical (unpaired) electrons. The highest BCUT2D eigenvalue weighted by Gasteiger charge is 2.26. The third-order valence-corrected chi connectivity index (χ3v) is 6.21. The van der Waals surface area contributed by atoms with E-state index >= 15 is 0 Å². The van der Waals surface area contributed by atoms with E-state index in [-0.39, 0.29) is 5.82 Å². The van der Waals surface area contributed by atoms with Crippen molar-refractivity contribution in [1.82, 2.24) is 9.13 Å².